The standard InChI is InChI=1S/C23H31N3/c1-9-12-19(13-10-2)21(24)26(22(25)23(7,8)11-3)20-17(5)14-16(4)15-18(20)6/h10,13-15,24-25H,1,11H2,2-8H3/b13-10-,24-21?,25-22?. The van der Waals surface area contributed by atoms with Gasteiger partial charge in [-0.1, -0.05) is 56.0 Å². The Labute approximate surface area is 158 Å². The zero-order valence-electron chi connectivity index (χ0n) is 17.2. The van der Waals surface area contributed by atoms with E-state index < -0.39 is 0 Å². The van der Waals surface area contributed by atoms with Gasteiger partial charge in [0.05, 0.1) is 11.3 Å². The first-order chi connectivity index (χ1) is 12.1. The summed E-state index contributed by atoms with van der Waals surface area (Å²) in [7, 11) is 0. The van der Waals surface area contributed by atoms with Crippen molar-refractivity contribution in [2.24, 2.45) is 5.41 Å². The molecule has 0 heterocycles. The first kappa shape index (κ1) is 21.4. The van der Waals surface area contributed by atoms with E-state index in [4.69, 9.17) is 10.8 Å². The number of nitrogens with one attached hydrogen (secondary N) is 2. The lowest BCUT2D eigenvalue weighted by atomic mass is 9.86. The van der Waals surface area contributed by atoms with Gasteiger partial charge < -0.3 is 0 Å². The summed E-state index contributed by atoms with van der Waals surface area (Å²) in [6.07, 6.45) is 4.47. The molecule has 0 amide bonds. The second kappa shape index (κ2) is 8.67. The van der Waals surface area contributed by atoms with Gasteiger partial charge in [0.25, 0.3) is 0 Å². The predicted molar refractivity (Wildman–Crippen MR) is 114 cm³/mol. The van der Waals surface area contributed by atoms with E-state index in [0.717, 1.165) is 23.2 Å². The maximum atomic E-state index is 8.91. The molecule has 0 unspecified atom stereocenters. The molecule has 0 atom stereocenters. The van der Waals surface area contributed by atoms with Crippen LogP contribution in [-0.2, 0) is 0 Å². The van der Waals surface area contributed by atoms with E-state index in [1.54, 1.807) is 11.0 Å². The number of nitrogens with zero attached hydrogens (tertiary/aromatic N) is 1. The fourth-order valence-electron chi connectivity index (χ4n) is 2.89. The highest BCUT2D eigenvalue weighted by Crippen LogP contribution is 2.33. The van der Waals surface area contributed by atoms with Gasteiger partial charge in [0.15, 0.2) is 0 Å². The van der Waals surface area contributed by atoms with Gasteiger partial charge in [0.2, 0.25) is 0 Å². The molecule has 26 heavy (non-hydrogen) atoms. The molecule has 3 nitrogen and oxygen atoms in total. The van der Waals surface area contributed by atoms with E-state index in [-0.39, 0.29) is 11.3 Å². The van der Waals surface area contributed by atoms with Gasteiger partial charge in [-0.2, -0.15) is 0 Å². The lowest BCUT2D eigenvalue weighted by Gasteiger charge is -2.36. The van der Waals surface area contributed by atoms with Crippen LogP contribution >= 0.6 is 0 Å². The van der Waals surface area contributed by atoms with Crippen LogP contribution in [0.5, 0.6) is 0 Å². The summed E-state index contributed by atoms with van der Waals surface area (Å²) in [5.74, 6) is 0.605. The highest BCUT2D eigenvalue weighted by Gasteiger charge is 2.32. The summed E-state index contributed by atoms with van der Waals surface area (Å²) in [6.45, 7) is 17.8. The van der Waals surface area contributed by atoms with Crippen LogP contribution in [0.1, 0.15) is 50.8 Å². The van der Waals surface area contributed by atoms with Crippen LogP contribution in [0.3, 0.4) is 0 Å². The highest BCUT2D eigenvalue weighted by molar-refractivity contribution is 6.25. The monoisotopic (exact) mass is 349 g/mol. The van der Waals surface area contributed by atoms with Crippen molar-refractivity contribution in [1.29, 1.82) is 10.8 Å². The van der Waals surface area contributed by atoms with Gasteiger partial charge in [-0.25, -0.2) is 0 Å². The number of aryl methyl sites for hydroxylation is 3. The zero-order chi connectivity index (χ0) is 20.1. The Morgan fingerprint density at radius 2 is 1.73 bits per heavy atom. The average molecular weight is 350 g/mol. The second-order valence-electron chi connectivity index (χ2n) is 7.23. The molecule has 0 fully saturated rings. The van der Waals surface area contributed by atoms with E-state index in [9.17, 15) is 0 Å². The van der Waals surface area contributed by atoms with Gasteiger partial charge in [0.1, 0.15) is 11.7 Å². The Hall–Kier alpha value is -2.60. The third-order valence-electron chi connectivity index (χ3n) is 4.64. The Balaban J connectivity index is 3.76. The summed E-state index contributed by atoms with van der Waals surface area (Å²) >= 11 is 0. The summed E-state index contributed by atoms with van der Waals surface area (Å²) in [5, 5.41) is 17.8. The Bertz CT molecular complexity index is 804. The topological polar surface area (TPSA) is 50.9 Å². The molecule has 2 N–H and O–H groups in total. The molecule has 0 aliphatic heterocycles. The maximum absolute atomic E-state index is 8.91. The van der Waals surface area contributed by atoms with Gasteiger partial charge in [-0.15, -0.1) is 0 Å². The first-order valence-corrected chi connectivity index (χ1v) is 8.94. The number of allylic oxidation sites excluding steroid dienone is 1. The molecule has 0 bridgehead atoms. The molecule has 0 aliphatic rings. The summed E-state index contributed by atoms with van der Waals surface area (Å²) in [4.78, 5) is 1.74. The molecule has 0 radical (unpaired) electrons. The molecule has 1 rings (SSSR count). The van der Waals surface area contributed by atoms with E-state index >= 15 is 0 Å². The van der Waals surface area contributed by atoms with Crippen molar-refractivity contribution >= 4 is 17.4 Å². The smallest absolute Gasteiger partial charge is 0.146 e. The third-order valence-corrected chi connectivity index (χ3v) is 4.64. The Morgan fingerprint density at radius 3 is 2.15 bits per heavy atom. The molecule has 0 aliphatic carbocycles. The van der Waals surface area contributed by atoms with E-state index in [2.05, 4.69) is 44.0 Å². The summed E-state index contributed by atoms with van der Waals surface area (Å²) in [5.41, 5.74) is 9.90. The molecule has 138 valence electrons. The van der Waals surface area contributed by atoms with Crippen LogP contribution in [0.4, 0.5) is 5.69 Å². The number of hydrogen-bond acceptors (Lipinski definition) is 2. The molecule has 0 saturated heterocycles. The molecule has 0 saturated carbocycles. The highest BCUT2D eigenvalue weighted by atomic mass is 15.2. The molecular formula is C23H31N3. The Morgan fingerprint density at radius 1 is 1.19 bits per heavy atom. The molecular weight excluding hydrogens is 318 g/mol. The number of hydrogen-bond donors (Lipinski definition) is 2. The summed E-state index contributed by atoms with van der Waals surface area (Å²) < 4.78 is 0. The minimum Gasteiger partial charge on any atom is -0.287 e. The minimum absolute atomic E-state index is 0.209. The van der Waals surface area contributed by atoms with Crippen molar-refractivity contribution in [1.82, 2.24) is 0 Å². The van der Waals surface area contributed by atoms with Gasteiger partial charge in [-0.3, -0.25) is 15.7 Å². The largest absolute Gasteiger partial charge is 0.287 e. The lowest BCUT2D eigenvalue weighted by molar-refractivity contribution is 0.495. The molecule has 0 aromatic heterocycles. The van der Waals surface area contributed by atoms with Crippen molar-refractivity contribution in [2.45, 2.75) is 54.9 Å². The van der Waals surface area contributed by atoms with Crippen LogP contribution in [-0.4, -0.2) is 11.7 Å². The minimum atomic E-state index is -0.366. The van der Waals surface area contributed by atoms with Crippen molar-refractivity contribution in [3.63, 3.8) is 0 Å². The van der Waals surface area contributed by atoms with E-state index in [0.29, 0.717) is 11.4 Å². The second-order valence-corrected chi connectivity index (χ2v) is 7.23. The predicted octanol–water partition coefficient (Wildman–Crippen LogP) is 6.25. The van der Waals surface area contributed by atoms with E-state index in [1.807, 2.05) is 40.7 Å². The van der Waals surface area contributed by atoms with Crippen LogP contribution < -0.4 is 4.90 Å². The maximum Gasteiger partial charge on any atom is 0.146 e. The van der Waals surface area contributed by atoms with Gasteiger partial charge in [0, 0.05) is 5.41 Å². The lowest BCUT2D eigenvalue weighted by Crippen LogP contribution is -2.45. The molecule has 3 heteroatoms. The van der Waals surface area contributed by atoms with Crippen LogP contribution in [0.2, 0.25) is 0 Å². The van der Waals surface area contributed by atoms with Gasteiger partial charge >= 0.3 is 0 Å². The average Bonchev–Trinajstić information content (AvgIpc) is 2.56. The number of rotatable bonds is 5. The van der Waals surface area contributed by atoms with Crippen LogP contribution in [0, 0.1) is 37.0 Å². The number of amidine groups is 2. The SMILES string of the molecule is C=C=C=C(/C=C\C)C(=N)N(C(=N)C(C)(C)CC)c1c(C)cc(C)cc1C. The normalized spacial score (nSPS) is 11.0. The Kier molecular flexibility index (Phi) is 7.15. The quantitative estimate of drug-likeness (QED) is 0.281. The van der Waals surface area contributed by atoms with Crippen molar-refractivity contribution < 1.29 is 0 Å². The number of anilines is 1. The van der Waals surface area contributed by atoms with Crippen LogP contribution in [0.15, 0.2) is 47.9 Å². The molecule has 1 aromatic carbocycles. The van der Waals surface area contributed by atoms with Crippen molar-refractivity contribution in [3.8, 4) is 0 Å². The zero-order valence-corrected chi connectivity index (χ0v) is 17.2. The molecule has 1 aromatic rings. The van der Waals surface area contributed by atoms with Gasteiger partial charge in [-0.05, 0) is 57.9 Å². The van der Waals surface area contributed by atoms with Crippen molar-refractivity contribution in [2.75, 3.05) is 4.90 Å². The molecule has 0 spiro atoms. The fourth-order valence-corrected chi connectivity index (χ4v) is 2.89. The fraction of sp³-hybridized carbons (Fsp3) is 0.391. The van der Waals surface area contributed by atoms with Crippen LogP contribution in [0.25, 0.3) is 0 Å². The summed E-state index contributed by atoms with van der Waals surface area (Å²) in [6, 6.07) is 4.19. The van der Waals surface area contributed by atoms with Crippen molar-refractivity contribution in [3.05, 3.63) is 64.6 Å². The number of benzene rings is 1. The van der Waals surface area contributed by atoms with E-state index in [1.165, 1.54) is 5.56 Å². The third kappa shape index (κ3) is 4.52. The first-order valence-electron chi connectivity index (χ1n) is 8.94.